The van der Waals surface area contributed by atoms with Crippen LogP contribution in [0.3, 0.4) is 0 Å². The molecule has 0 spiro atoms. The van der Waals surface area contributed by atoms with Crippen LogP contribution in [0.25, 0.3) is 11.3 Å². The molecule has 0 atom stereocenters. The minimum absolute atomic E-state index is 0.0466. The summed E-state index contributed by atoms with van der Waals surface area (Å²) in [6.07, 6.45) is 0.937. The third-order valence-electron chi connectivity index (χ3n) is 2.13. The van der Waals surface area contributed by atoms with Gasteiger partial charge in [0.15, 0.2) is 0 Å². The van der Waals surface area contributed by atoms with Crippen LogP contribution < -0.4 is 0 Å². The molecular weight excluding hydrogens is 182 g/mol. The zero-order valence-corrected chi connectivity index (χ0v) is 7.91. The van der Waals surface area contributed by atoms with Crippen molar-refractivity contribution in [2.75, 3.05) is 0 Å². The number of pyridine rings is 1. The molecule has 0 radical (unpaired) electrons. The molecular formula is C14H15N. The monoisotopic (exact) mass is 206 g/mol. The molecule has 0 N–H and O–H groups in total. The van der Waals surface area contributed by atoms with E-state index < -0.39 is 37.2 Å². The Hall–Kier alpha value is -1.63. The molecule has 2 rings (SSSR count). The van der Waals surface area contributed by atoms with Gasteiger partial charge in [0, 0.05) is 24.1 Å². The Kier molecular flexibility index (Phi) is 0.962. The van der Waals surface area contributed by atoms with Gasteiger partial charge in [-0.25, -0.2) is 0 Å². The highest BCUT2D eigenvalue weighted by Crippen LogP contribution is 2.24. The average Bonchev–Trinajstić information content (AvgIpc) is 2.44. The van der Waals surface area contributed by atoms with E-state index in [4.69, 9.17) is 12.3 Å². The van der Waals surface area contributed by atoms with Crippen molar-refractivity contribution in [2.45, 2.75) is 20.6 Å². The number of nitrogens with zero attached hydrogens (tertiary/aromatic N) is 1. The molecule has 2 aromatic rings. The van der Waals surface area contributed by atoms with Crippen molar-refractivity contribution in [3.8, 4) is 11.3 Å². The van der Waals surface area contributed by atoms with Gasteiger partial charge in [0.25, 0.3) is 0 Å². The van der Waals surface area contributed by atoms with E-state index in [1.165, 1.54) is 0 Å². The first-order valence-corrected chi connectivity index (χ1v) is 4.43. The number of aromatic nitrogens is 1. The van der Waals surface area contributed by atoms with Crippen LogP contribution >= 0.6 is 0 Å². The normalized spacial score (nSPS) is 21.7. The summed E-state index contributed by atoms with van der Waals surface area (Å²) < 4.78 is 68.9. The van der Waals surface area contributed by atoms with Crippen LogP contribution in [0.5, 0.6) is 0 Å². The van der Waals surface area contributed by atoms with Gasteiger partial charge in [0.05, 0.1) is 5.69 Å². The maximum atomic E-state index is 7.74. The molecule has 0 amide bonds. The standard InChI is InChI=1S/C14H15N/c1-10-9-15-14(12(3)11(10)2)13-7-5-4-6-8-13/h4-9H,1-3H3/i1D3,2D3,3D3. The second-order valence-corrected chi connectivity index (χ2v) is 3.14. The van der Waals surface area contributed by atoms with Crippen molar-refractivity contribution in [3.63, 3.8) is 0 Å². The van der Waals surface area contributed by atoms with E-state index in [0.717, 1.165) is 6.20 Å². The first-order chi connectivity index (χ1) is 10.8. The highest BCUT2D eigenvalue weighted by molar-refractivity contribution is 5.64. The summed E-state index contributed by atoms with van der Waals surface area (Å²) in [5.74, 6) is 0. The molecule has 1 aromatic heterocycles. The summed E-state index contributed by atoms with van der Waals surface area (Å²) >= 11 is 0. The highest BCUT2D eigenvalue weighted by atomic mass is 14.7. The largest absolute Gasteiger partial charge is 0.256 e. The Morgan fingerprint density at radius 1 is 1.00 bits per heavy atom. The van der Waals surface area contributed by atoms with Gasteiger partial charge in [-0.05, 0) is 37.2 Å². The number of benzene rings is 1. The fourth-order valence-corrected chi connectivity index (χ4v) is 1.33. The van der Waals surface area contributed by atoms with Gasteiger partial charge < -0.3 is 0 Å². The summed E-state index contributed by atoms with van der Waals surface area (Å²) in [6.45, 7) is -8.52. The van der Waals surface area contributed by atoms with Gasteiger partial charge in [-0.1, -0.05) is 30.3 Å². The lowest BCUT2D eigenvalue weighted by Crippen LogP contribution is -1.94. The maximum Gasteiger partial charge on any atom is 0.0733 e. The fraction of sp³-hybridized carbons (Fsp3) is 0.214. The smallest absolute Gasteiger partial charge is 0.0733 e. The topological polar surface area (TPSA) is 12.9 Å². The summed E-state index contributed by atoms with van der Waals surface area (Å²) in [6, 6.07) is 8.23. The molecule has 0 bridgehead atoms. The van der Waals surface area contributed by atoms with Crippen LogP contribution in [0.1, 0.15) is 29.0 Å². The lowest BCUT2D eigenvalue weighted by Gasteiger charge is -2.09. The van der Waals surface area contributed by atoms with Crippen LogP contribution in [0.15, 0.2) is 36.5 Å². The molecule has 1 aromatic carbocycles. The number of hydrogen-bond donors (Lipinski definition) is 0. The fourth-order valence-electron chi connectivity index (χ4n) is 1.33. The lowest BCUT2D eigenvalue weighted by molar-refractivity contribution is 1.17. The lowest BCUT2D eigenvalue weighted by atomic mass is 10.0. The van der Waals surface area contributed by atoms with Crippen molar-refractivity contribution in [1.82, 2.24) is 4.98 Å². The van der Waals surface area contributed by atoms with Crippen LogP contribution in [0.4, 0.5) is 0 Å². The first-order valence-electron chi connectivity index (χ1n) is 8.93. The van der Waals surface area contributed by atoms with Gasteiger partial charge in [-0.3, -0.25) is 4.98 Å². The molecule has 1 heteroatoms. The quantitative estimate of drug-likeness (QED) is 0.693. The summed E-state index contributed by atoms with van der Waals surface area (Å²) in [5.41, 5.74) is -1.41. The zero-order valence-electron chi connectivity index (χ0n) is 16.9. The van der Waals surface area contributed by atoms with E-state index in [1.54, 1.807) is 30.3 Å². The Balaban J connectivity index is 2.96. The predicted molar refractivity (Wildman–Crippen MR) is 63.9 cm³/mol. The van der Waals surface area contributed by atoms with E-state index in [9.17, 15) is 0 Å². The molecule has 0 aliphatic rings. The van der Waals surface area contributed by atoms with Crippen molar-refractivity contribution in [2.24, 2.45) is 0 Å². The zero-order chi connectivity index (χ0) is 18.3. The van der Waals surface area contributed by atoms with Crippen molar-refractivity contribution >= 4 is 0 Å². The van der Waals surface area contributed by atoms with Crippen molar-refractivity contribution in [3.05, 3.63) is 53.2 Å². The molecule has 0 unspecified atom stereocenters. The van der Waals surface area contributed by atoms with Crippen LogP contribution in [0, 0.1) is 20.6 Å². The molecule has 0 aliphatic heterocycles. The third-order valence-corrected chi connectivity index (χ3v) is 2.13. The van der Waals surface area contributed by atoms with Gasteiger partial charge in [0.1, 0.15) is 0 Å². The molecule has 0 aliphatic carbocycles. The number of aryl methyl sites for hydroxylation is 1. The van der Waals surface area contributed by atoms with E-state index >= 15 is 0 Å². The summed E-state index contributed by atoms with van der Waals surface area (Å²) in [5, 5.41) is 0. The average molecular weight is 206 g/mol. The predicted octanol–water partition coefficient (Wildman–Crippen LogP) is 3.67. The van der Waals surface area contributed by atoms with Crippen LogP contribution in [-0.4, -0.2) is 4.98 Å². The van der Waals surface area contributed by atoms with E-state index in [0.29, 0.717) is 5.56 Å². The van der Waals surface area contributed by atoms with Gasteiger partial charge in [-0.15, -0.1) is 0 Å². The molecule has 0 saturated heterocycles. The maximum absolute atomic E-state index is 7.74. The molecule has 1 heterocycles. The van der Waals surface area contributed by atoms with Crippen molar-refractivity contribution in [1.29, 1.82) is 0 Å². The minimum atomic E-state index is -2.90. The van der Waals surface area contributed by atoms with Gasteiger partial charge >= 0.3 is 0 Å². The number of hydrogen-bond acceptors (Lipinski definition) is 1. The molecule has 15 heavy (non-hydrogen) atoms. The summed E-state index contributed by atoms with van der Waals surface area (Å²) in [7, 11) is 0. The highest BCUT2D eigenvalue weighted by Gasteiger charge is 2.06. The van der Waals surface area contributed by atoms with E-state index in [2.05, 4.69) is 4.98 Å². The third kappa shape index (κ3) is 1.78. The Bertz CT molecular complexity index is 727. The first kappa shape index (κ1) is 3.75. The van der Waals surface area contributed by atoms with Crippen LogP contribution in [-0.2, 0) is 0 Å². The molecule has 0 fully saturated rings. The van der Waals surface area contributed by atoms with E-state index in [1.807, 2.05) is 0 Å². The summed E-state index contributed by atoms with van der Waals surface area (Å²) in [4.78, 5) is 3.99. The van der Waals surface area contributed by atoms with Gasteiger partial charge in [0.2, 0.25) is 0 Å². The minimum Gasteiger partial charge on any atom is -0.256 e. The molecule has 76 valence electrons. The van der Waals surface area contributed by atoms with Gasteiger partial charge in [-0.2, -0.15) is 0 Å². The Morgan fingerprint density at radius 2 is 1.80 bits per heavy atom. The van der Waals surface area contributed by atoms with Crippen molar-refractivity contribution < 1.29 is 12.3 Å². The Labute approximate surface area is 103 Å². The van der Waals surface area contributed by atoms with Crippen LogP contribution in [0.2, 0.25) is 0 Å². The van der Waals surface area contributed by atoms with E-state index in [-0.39, 0.29) is 5.69 Å². The molecule has 0 saturated carbocycles. The second-order valence-electron chi connectivity index (χ2n) is 3.14. The molecule has 1 nitrogen and oxygen atoms in total. The number of rotatable bonds is 1. The Morgan fingerprint density at radius 3 is 2.47 bits per heavy atom. The SMILES string of the molecule is [2H]C([2H])([2H])c1cnc(-c2ccccc2)c(C([2H])([2H])[2H])c1C([2H])([2H])[2H]. The second kappa shape index (κ2) is 3.85.